The molecule has 0 radical (unpaired) electrons. The van der Waals surface area contributed by atoms with Crippen LogP contribution in [0.1, 0.15) is 43.4 Å². The van der Waals surface area contributed by atoms with E-state index in [2.05, 4.69) is 5.10 Å². The first kappa shape index (κ1) is 30.2. The summed E-state index contributed by atoms with van der Waals surface area (Å²) in [6, 6.07) is 13.3. The number of nitrogens with zero attached hydrogens (tertiary/aromatic N) is 4. The fourth-order valence-corrected chi connectivity index (χ4v) is 4.66. The van der Waals surface area contributed by atoms with Crippen LogP contribution >= 0.6 is 11.6 Å². The van der Waals surface area contributed by atoms with Gasteiger partial charge in [0.1, 0.15) is 5.75 Å². The number of methoxy groups -OCH3 is 1. The van der Waals surface area contributed by atoms with Crippen molar-refractivity contribution in [2.45, 2.75) is 33.6 Å². The number of para-hydroxylation sites is 1. The van der Waals surface area contributed by atoms with Crippen molar-refractivity contribution in [1.82, 2.24) is 9.66 Å². The molecule has 0 unspecified atom stereocenters. The van der Waals surface area contributed by atoms with Crippen molar-refractivity contribution in [3.8, 4) is 22.9 Å². The summed E-state index contributed by atoms with van der Waals surface area (Å²) >= 11 is 6.32. The van der Waals surface area contributed by atoms with Gasteiger partial charge in [0.15, 0.2) is 12.4 Å². The molecule has 0 spiro atoms. The maximum absolute atomic E-state index is 13.7. The maximum atomic E-state index is 13.7. The highest BCUT2D eigenvalue weighted by atomic mass is 35.5. The molecule has 0 aliphatic carbocycles. The smallest absolute Gasteiger partial charge is 0.344 e. The van der Waals surface area contributed by atoms with Gasteiger partial charge in [-0.2, -0.15) is 9.78 Å². The highest BCUT2D eigenvalue weighted by Crippen LogP contribution is 2.36. The van der Waals surface area contributed by atoms with Gasteiger partial charge in [0.05, 0.1) is 40.8 Å². The van der Waals surface area contributed by atoms with Crippen molar-refractivity contribution in [1.29, 1.82) is 0 Å². The number of carbonyl (C=O) groups is 1. The number of ether oxygens (including phenoxy) is 3. The topological polar surface area (TPSA) is 135 Å². The van der Waals surface area contributed by atoms with Crippen molar-refractivity contribution < 1.29 is 23.9 Å². The van der Waals surface area contributed by atoms with Crippen LogP contribution in [0.15, 0.2) is 58.4 Å². The molecule has 0 aliphatic rings. The Bertz CT molecular complexity index is 1770. The quantitative estimate of drug-likeness (QED) is 0.0962. The van der Waals surface area contributed by atoms with E-state index in [9.17, 15) is 19.7 Å². The molecule has 42 heavy (non-hydrogen) atoms. The molecule has 4 rings (SSSR count). The Morgan fingerprint density at radius 3 is 2.62 bits per heavy atom. The number of fused-ring (bicyclic) bond motifs is 1. The highest BCUT2D eigenvalue weighted by Gasteiger charge is 2.22. The molecule has 11 nitrogen and oxygen atoms in total. The number of hydrogen-bond acceptors (Lipinski definition) is 9. The fourth-order valence-electron chi connectivity index (χ4n) is 4.38. The number of hydrogen-bond donors (Lipinski definition) is 0. The lowest BCUT2D eigenvalue weighted by Gasteiger charge is -2.17. The summed E-state index contributed by atoms with van der Waals surface area (Å²) < 4.78 is 16.8. The lowest BCUT2D eigenvalue weighted by atomic mass is 9.96. The minimum Gasteiger partial charge on any atom is -0.496 e. The predicted molar refractivity (Wildman–Crippen MR) is 160 cm³/mol. The first-order chi connectivity index (χ1) is 20.0. The number of benzene rings is 3. The normalized spacial score (nSPS) is 11.3. The summed E-state index contributed by atoms with van der Waals surface area (Å²) in [4.78, 5) is 41.3. The molecule has 1 heterocycles. The molecule has 0 saturated heterocycles. The number of aromatic nitrogens is 2. The van der Waals surface area contributed by atoms with Crippen LogP contribution in [0, 0.1) is 17.0 Å². The first-order valence-electron chi connectivity index (χ1n) is 13.1. The van der Waals surface area contributed by atoms with Crippen molar-refractivity contribution in [3.63, 3.8) is 0 Å². The molecule has 0 N–H and O–H groups in total. The zero-order valence-corrected chi connectivity index (χ0v) is 24.5. The zero-order valence-electron chi connectivity index (χ0n) is 23.7. The van der Waals surface area contributed by atoms with E-state index in [1.165, 1.54) is 18.3 Å². The van der Waals surface area contributed by atoms with Gasteiger partial charge in [0, 0.05) is 17.2 Å². The summed E-state index contributed by atoms with van der Waals surface area (Å²) in [5.74, 6) is 0.144. The number of halogens is 1. The molecule has 0 fully saturated rings. The lowest BCUT2D eigenvalue weighted by molar-refractivity contribution is -0.385. The number of nitro groups is 1. The van der Waals surface area contributed by atoms with E-state index in [0.29, 0.717) is 16.5 Å². The van der Waals surface area contributed by atoms with E-state index in [0.717, 1.165) is 21.6 Å². The minimum atomic E-state index is -0.696. The van der Waals surface area contributed by atoms with E-state index in [-0.39, 0.29) is 34.7 Å². The standard InChI is InChI=1S/C30H29ClN4O7/c1-6-41-27(36)16-42-28-23(31)12-19(13-25(28)35(38)39)15-32-34-29(33-24-10-8-7-9-20(24)30(34)37)22-14-21(17(2)3)26(40-5)11-18(22)4/h7-15,17H,6,16H2,1-5H3. The van der Waals surface area contributed by atoms with Crippen LogP contribution in [0.5, 0.6) is 11.5 Å². The number of esters is 1. The number of aryl methyl sites for hydroxylation is 1. The third-order valence-corrected chi connectivity index (χ3v) is 6.68. The molecule has 3 aromatic carbocycles. The molecule has 12 heteroatoms. The number of nitro benzene ring substituents is 1. The third-order valence-electron chi connectivity index (χ3n) is 6.40. The molecule has 0 amide bonds. The van der Waals surface area contributed by atoms with Gasteiger partial charge in [0.2, 0.25) is 5.75 Å². The third kappa shape index (κ3) is 6.26. The number of carbonyl (C=O) groups excluding carboxylic acids is 1. The fraction of sp³-hybridized carbons (Fsp3) is 0.267. The summed E-state index contributed by atoms with van der Waals surface area (Å²) in [7, 11) is 1.60. The van der Waals surface area contributed by atoms with E-state index >= 15 is 0 Å². The first-order valence-corrected chi connectivity index (χ1v) is 13.4. The van der Waals surface area contributed by atoms with Crippen LogP contribution < -0.4 is 15.0 Å². The largest absolute Gasteiger partial charge is 0.496 e. The Balaban J connectivity index is 1.87. The number of rotatable bonds is 10. The van der Waals surface area contributed by atoms with Gasteiger partial charge in [-0.3, -0.25) is 14.9 Å². The van der Waals surface area contributed by atoms with Gasteiger partial charge in [0.25, 0.3) is 5.56 Å². The average molecular weight is 593 g/mol. The van der Waals surface area contributed by atoms with Gasteiger partial charge in [-0.15, -0.1) is 0 Å². The van der Waals surface area contributed by atoms with Gasteiger partial charge >= 0.3 is 11.7 Å². The van der Waals surface area contributed by atoms with Crippen LogP contribution in [0.4, 0.5) is 5.69 Å². The van der Waals surface area contributed by atoms with Crippen molar-refractivity contribution in [2.75, 3.05) is 20.3 Å². The van der Waals surface area contributed by atoms with Crippen molar-refractivity contribution in [3.05, 3.63) is 90.7 Å². The minimum absolute atomic E-state index is 0.119. The molecule has 0 saturated carbocycles. The van der Waals surface area contributed by atoms with Crippen molar-refractivity contribution in [2.24, 2.45) is 5.10 Å². The molecular weight excluding hydrogens is 564 g/mol. The second kappa shape index (κ2) is 12.8. The maximum Gasteiger partial charge on any atom is 0.344 e. The van der Waals surface area contributed by atoms with E-state index in [1.54, 1.807) is 38.3 Å². The Morgan fingerprint density at radius 1 is 1.21 bits per heavy atom. The summed E-state index contributed by atoms with van der Waals surface area (Å²) in [6.45, 7) is 7.16. The van der Waals surface area contributed by atoms with Crippen molar-refractivity contribution >= 4 is 40.4 Å². The van der Waals surface area contributed by atoms with Crippen LogP contribution in [-0.4, -0.2) is 47.1 Å². The van der Waals surface area contributed by atoms with Crippen LogP contribution in [0.2, 0.25) is 5.02 Å². The summed E-state index contributed by atoms with van der Waals surface area (Å²) in [5, 5.41) is 16.5. The van der Waals surface area contributed by atoms with Crippen LogP contribution in [0.25, 0.3) is 22.3 Å². The van der Waals surface area contributed by atoms with Crippen LogP contribution in [0.3, 0.4) is 0 Å². The van der Waals surface area contributed by atoms with Gasteiger partial charge in [-0.1, -0.05) is 37.6 Å². The highest BCUT2D eigenvalue weighted by molar-refractivity contribution is 6.32. The summed E-state index contributed by atoms with van der Waals surface area (Å²) in [6.07, 6.45) is 1.28. The Hall–Kier alpha value is -4.77. The Labute approximate surface area is 246 Å². The lowest BCUT2D eigenvalue weighted by Crippen LogP contribution is -2.21. The zero-order chi connectivity index (χ0) is 30.6. The molecule has 0 bridgehead atoms. The molecule has 0 aliphatic heterocycles. The SMILES string of the molecule is CCOC(=O)COc1c(Cl)cc(C=Nn2c(-c3cc(C(C)C)c(OC)cc3C)nc3ccccc3c2=O)cc1[N+](=O)[O-]. The monoisotopic (exact) mass is 592 g/mol. The van der Waals surface area contributed by atoms with Gasteiger partial charge in [-0.25, -0.2) is 9.78 Å². The van der Waals surface area contributed by atoms with E-state index < -0.39 is 28.7 Å². The molecule has 0 atom stereocenters. The summed E-state index contributed by atoms with van der Waals surface area (Å²) in [5.41, 5.74) is 2.21. The van der Waals surface area contributed by atoms with Gasteiger partial charge in [-0.05, 0) is 61.2 Å². The second-order valence-corrected chi connectivity index (χ2v) is 9.99. The van der Waals surface area contributed by atoms with E-state index in [1.807, 2.05) is 32.9 Å². The molecule has 218 valence electrons. The Kier molecular flexibility index (Phi) is 9.21. The molecule has 4 aromatic rings. The second-order valence-electron chi connectivity index (χ2n) is 9.58. The average Bonchev–Trinajstić information content (AvgIpc) is 2.95. The predicted octanol–water partition coefficient (Wildman–Crippen LogP) is 5.89. The molecular formula is C30H29ClN4O7. The molecule has 1 aromatic heterocycles. The van der Waals surface area contributed by atoms with E-state index in [4.69, 9.17) is 30.8 Å². The van der Waals surface area contributed by atoms with Crippen LogP contribution in [-0.2, 0) is 9.53 Å². The van der Waals surface area contributed by atoms with Gasteiger partial charge < -0.3 is 14.2 Å². The Morgan fingerprint density at radius 2 is 1.95 bits per heavy atom.